The second kappa shape index (κ2) is 34.7. The molecular weight excluding hydrogens is 1670 g/mol. The van der Waals surface area contributed by atoms with E-state index in [4.69, 9.17) is 74.8 Å². The fourth-order valence-electron chi connectivity index (χ4n) is 17.8. The van der Waals surface area contributed by atoms with E-state index in [1.54, 1.807) is 0 Å². The molecule has 0 saturated carbocycles. The maximum atomic E-state index is 11.1. The van der Waals surface area contributed by atoms with Crippen LogP contribution >= 0.6 is 0 Å². The number of hydrogen-bond acceptors (Lipinski definition) is 16. The molecule has 0 aliphatic heterocycles. The fraction of sp³-hybridized carbons (Fsp3) is 0. The Labute approximate surface area is 780 Å². The van der Waals surface area contributed by atoms with Crippen LogP contribution in [0, 0.1) is 11.3 Å². The van der Waals surface area contributed by atoms with Gasteiger partial charge in [-0.2, -0.15) is 5.26 Å². The Hall–Kier alpha value is -19.1. The number of hydrogen-bond donors (Lipinski definition) is 0. The van der Waals surface area contributed by atoms with Gasteiger partial charge in [0.15, 0.2) is 87.4 Å². The van der Waals surface area contributed by atoms with Gasteiger partial charge in [-0.15, -0.1) is 0 Å². The summed E-state index contributed by atoms with van der Waals surface area (Å²) in [7, 11) is 0. The van der Waals surface area contributed by atoms with Gasteiger partial charge in [0.05, 0.1) is 45.1 Å². The molecule has 7 heterocycles. The van der Waals surface area contributed by atoms with E-state index in [2.05, 4.69) is 124 Å². The molecule has 0 fully saturated rings. The third kappa shape index (κ3) is 15.3. The lowest BCUT2D eigenvalue weighted by Crippen LogP contribution is -2.05. The molecule has 24 aromatic rings. The summed E-state index contributed by atoms with van der Waals surface area (Å²) < 4.78 is 4.64. The van der Waals surface area contributed by atoms with Gasteiger partial charge < -0.3 is 9.13 Å². The van der Waals surface area contributed by atoms with Crippen molar-refractivity contribution in [1.82, 2.24) is 83.9 Å². The summed E-state index contributed by atoms with van der Waals surface area (Å²) in [5, 5.41) is 14.6. The van der Waals surface area contributed by atoms with Crippen molar-refractivity contribution < 1.29 is 0 Å². The minimum atomic E-state index is 0.393. The lowest BCUT2D eigenvalue weighted by molar-refractivity contribution is 1.06. The predicted octanol–water partition coefficient (Wildman–Crippen LogP) is 27.0. The monoisotopic (exact) mass is 1740 g/mol. The van der Waals surface area contributed by atoms with Gasteiger partial charge in [-0.3, -0.25) is 0 Å². The number of benzene rings is 17. The van der Waals surface area contributed by atoms with E-state index in [1.807, 2.05) is 328 Å². The van der Waals surface area contributed by atoms with E-state index in [-0.39, 0.29) is 0 Å². The summed E-state index contributed by atoms with van der Waals surface area (Å²) >= 11 is 0. The third-order valence-corrected chi connectivity index (χ3v) is 24.4. The Morgan fingerprint density at radius 3 is 0.566 bits per heavy atom. The summed E-state index contributed by atoms with van der Waals surface area (Å²) in [4.78, 5) is 79.7. The number of nitrogens with zero attached hydrogens (tertiary/aromatic N) is 18. The van der Waals surface area contributed by atoms with E-state index in [0.29, 0.717) is 98.5 Å². The van der Waals surface area contributed by atoms with Crippen molar-refractivity contribution in [1.29, 1.82) is 5.26 Å². The van der Waals surface area contributed by atoms with Crippen LogP contribution in [0.2, 0.25) is 0 Å². The molecule has 0 unspecified atom stereocenters. The van der Waals surface area contributed by atoms with Crippen LogP contribution in [-0.2, 0) is 0 Å². The summed E-state index contributed by atoms with van der Waals surface area (Å²) in [5.74, 6) is 7.52. The lowest BCUT2D eigenvalue weighted by Gasteiger charge is -2.19. The summed E-state index contributed by atoms with van der Waals surface area (Å²) in [5.41, 5.74) is 20.7. The van der Waals surface area contributed by atoms with Crippen molar-refractivity contribution in [2.75, 3.05) is 0 Å². The molecule has 24 rings (SSSR count). The van der Waals surface area contributed by atoms with E-state index in [1.165, 1.54) is 0 Å². The topological polar surface area (TPSA) is 227 Å². The van der Waals surface area contributed by atoms with Gasteiger partial charge >= 0.3 is 0 Å². The standard InChI is InChI=1S/C118H72N18/c119-73-90-53-31-32-54-91(90)84-55-61-98(135-99-63-57-86(114-125-104(74-33-11-1-12-34-74)120-105(126-114)75-35-13-2-14-36-75)69-93(99)94-70-87(58-64-100(94)135)115-127-106(76-37-15-3-16-38-76)121-107(128-115)77-39-17-4-18-40-77)92(67-84)85-56-62-103(97(68-85)118-133-112(82-49-27-9-28-50-82)124-113(134-118)83-51-29-10-30-52-83)136-101-65-59-88(116-129-108(78-41-19-5-20-42-78)122-109(130-116)79-43-21-6-22-44-79)71-95(101)96-72-89(60-66-102(96)136)117-131-110(80-45-23-7-24-46-80)123-111(132-117)81-47-25-8-26-48-81/h1-72H. The maximum Gasteiger partial charge on any atom is 0.166 e. The first-order valence-corrected chi connectivity index (χ1v) is 44.6. The molecule has 18 heteroatoms. The van der Waals surface area contributed by atoms with Crippen LogP contribution in [0.5, 0.6) is 0 Å². The molecule has 634 valence electrons. The molecule has 0 aliphatic carbocycles. The molecule has 7 aromatic heterocycles. The second-order valence-corrected chi connectivity index (χ2v) is 32.9. The Morgan fingerprint density at radius 2 is 0.331 bits per heavy atom. The minimum Gasteiger partial charge on any atom is -0.309 e. The zero-order valence-electron chi connectivity index (χ0n) is 72.6. The van der Waals surface area contributed by atoms with Crippen molar-refractivity contribution in [3.05, 3.63) is 442 Å². The molecule has 0 amide bonds. The third-order valence-electron chi connectivity index (χ3n) is 24.4. The number of fused-ring (bicyclic) bond motifs is 6. The van der Waals surface area contributed by atoms with Gasteiger partial charge in [0.1, 0.15) is 0 Å². The first-order chi connectivity index (χ1) is 67.3. The van der Waals surface area contributed by atoms with Gasteiger partial charge in [-0.05, 0) is 120 Å². The molecule has 0 aliphatic rings. The fourth-order valence-corrected chi connectivity index (χ4v) is 17.8. The van der Waals surface area contributed by atoms with E-state index in [9.17, 15) is 5.26 Å². The molecule has 17 aromatic carbocycles. The van der Waals surface area contributed by atoms with E-state index in [0.717, 1.165) is 155 Å². The highest BCUT2D eigenvalue weighted by Gasteiger charge is 2.28. The number of aromatic nitrogens is 17. The van der Waals surface area contributed by atoms with Gasteiger partial charge in [-0.1, -0.05) is 334 Å². The molecule has 0 N–H and O–H groups in total. The highest BCUT2D eigenvalue weighted by atomic mass is 15.1. The summed E-state index contributed by atoms with van der Waals surface area (Å²) in [6, 6.07) is 149. The van der Waals surface area contributed by atoms with Crippen molar-refractivity contribution in [2.45, 2.75) is 0 Å². The predicted molar refractivity (Wildman–Crippen MR) is 539 cm³/mol. The van der Waals surface area contributed by atoms with Crippen LogP contribution in [0.25, 0.3) is 248 Å². The van der Waals surface area contributed by atoms with Gasteiger partial charge in [-0.25, -0.2) is 74.8 Å². The van der Waals surface area contributed by atoms with Crippen LogP contribution in [0.1, 0.15) is 5.56 Å². The van der Waals surface area contributed by atoms with E-state index >= 15 is 0 Å². The molecular formula is C118H72N18. The Balaban J connectivity index is 0.776. The molecule has 0 radical (unpaired) electrons. The average molecular weight is 1740 g/mol. The Bertz CT molecular complexity index is 8100. The Kier molecular flexibility index (Phi) is 20.5. The van der Waals surface area contributed by atoms with Crippen LogP contribution < -0.4 is 0 Å². The molecule has 0 saturated heterocycles. The number of nitriles is 1. The minimum absolute atomic E-state index is 0.393. The Morgan fingerprint density at radius 1 is 0.147 bits per heavy atom. The van der Waals surface area contributed by atoms with Crippen LogP contribution in [0.4, 0.5) is 0 Å². The normalized spacial score (nSPS) is 11.4. The van der Waals surface area contributed by atoms with Crippen molar-refractivity contribution in [2.24, 2.45) is 0 Å². The first-order valence-electron chi connectivity index (χ1n) is 44.6. The molecule has 136 heavy (non-hydrogen) atoms. The smallest absolute Gasteiger partial charge is 0.166 e. The average Bonchev–Trinajstić information content (AvgIpc) is 1.53. The quantitative estimate of drug-likeness (QED) is 0.0733. The molecule has 0 atom stereocenters. The summed E-state index contributed by atoms with van der Waals surface area (Å²) in [6.45, 7) is 0. The molecule has 18 nitrogen and oxygen atoms in total. The summed E-state index contributed by atoms with van der Waals surface area (Å²) in [6.07, 6.45) is 0. The first kappa shape index (κ1) is 80.2. The molecule has 0 spiro atoms. The van der Waals surface area contributed by atoms with Crippen LogP contribution in [-0.4, -0.2) is 83.9 Å². The van der Waals surface area contributed by atoms with E-state index < -0.39 is 0 Å². The highest BCUT2D eigenvalue weighted by Crippen LogP contribution is 2.47. The van der Waals surface area contributed by atoms with Gasteiger partial charge in [0.2, 0.25) is 0 Å². The zero-order valence-corrected chi connectivity index (χ0v) is 72.6. The van der Waals surface area contributed by atoms with Crippen molar-refractivity contribution >= 4 is 43.6 Å². The van der Waals surface area contributed by atoms with Gasteiger partial charge in [0.25, 0.3) is 0 Å². The van der Waals surface area contributed by atoms with Crippen LogP contribution in [0.15, 0.2) is 437 Å². The van der Waals surface area contributed by atoms with Crippen molar-refractivity contribution in [3.63, 3.8) is 0 Å². The second-order valence-electron chi connectivity index (χ2n) is 32.9. The van der Waals surface area contributed by atoms with Gasteiger partial charge in [0, 0.05) is 111 Å². The highest BCUT2D eigenvalue weighted by molar-refractivity contribution is 6.14. The lowest BCUT2D eigenvalue weighted by atomic mass is 9.93. The number of rotatable bonds is 19. The zero-order chi connectivity index (χ0) is 90.4. The largest absolute Gasteiger partial charge is 0.309 e. The van der Waals surface area contributed by atoms with Crippen molar-refractivity contribution in [3.8, 4) is 211 Å². The molecule has 0 bridgehead atoms. The van der Waals surface area contributed by atoms with Crippen LogP contribution in [0.3, 0.4) is 0 Å². The SMILES string of the molecule is N#Cc1ccccc1-c1ccc(-n2c3ccc(-c4nc(-c5ccccc5)nc(-c5ccccc5)n4)cc3c3cc(-c4nc(-c5ccccc5)nc(-c5ccccc5)n4)ccc32)c(-c2ccc(-n3c4ccc(-c5nc(-c6ccccc6)nc(-c6ccccc6)n5)cc4c4cc(-c5nc(-c6ccccc6)nc(-c6ccccc6)n5)ccc43)c(-c3nc(-c4ccccc4)nc(-c4ccccc4)n3)c2)c1. The maximum absolute atomic E-state index is 11.1.